The molecule has 1 heterocycles. The molecule has 2 N–H and O–H groups in total. The second-order valence-corrected chi connectivity index (χ2v) is 3.81. The molecule has 1 aromatic carbocycles. The molecule has 0 bridgehead atoms. The minimum Gasteiger partial charge on any atom is -0.379 e. The fraction of sp³-hybridized carbons (Fsp3) is 0.167. The van der Waals surface area contributed by atoms with E-state index in [4.69, 9.17) is 0 Å². The fourth-order valence-corrected chi connectivity index (χ4v) is 1.59. The zero-order valence-corrected chi connectivity index (χ0v) is 9.43. The van der Waals surface area contributed by atoms with Crippen molar-refractivity contribution in [2.45, 2.75) is 13.5 Å². The highest BCUT2D eigenvalue weighted by molar-refractivity contribution is 5.54. The molecule has 0 aliphatic carbocycles. The first-order chi connectivity index (χ1) is 8.16. The molecule has 2 aromatic rings. The molecule has 5 heteroatoms. The molecule has 0 amide bonds. The Morgan fingerprint density at radius 3 is 2.88 bits per heavy atom. The fourth-order valence-electron chi connectivity index (χ4n) is 1.59. The molecule has 88 valence electrons. The van der Waals surface area contributed by atoms with Crippen molar-refractivity contribution in [3.63, 3.8) is 0 Å². The maximum atomic E-state index is 10.8. The molecule has 1 aromatic heterocycles. The van der Waals surface area contributed by atoms with Crippen molar-refractivity contribution in [1.29, 1.82) is 0 Å². The topological polar surface area (TPSA) is 71.0 Å². The number of hydrogen-bond acceptors (Lipinski definition) is 3. The predicted octanol–water partition coefficient (Wildman–Crippen LogP) is 2.84. The van der Waals surface area contributed by atoms with Gasteiger partial charge in [0.15, 0.2) is 0 Å². The molecule has 0 aliphatic heterocycles. The van der Waals surface area contributed by atoms with E-state index >= 15 is 0 Å². The average molecular weight is 231 g/mol. The smallest absolute Gasteiger partial charge is 0.274 e. The van der Waals surface area contributed by atoms with Gasteiger partial charge in [-0.1, -0.05) is 6.07 Å². The van der Waals surface area contributed by atoms with Crippen LogP contribution in [0.15, 0.2) is 36.5 Å². The van der Waals surface area contributed by atoms with Crippen molar-refractivity contribution < 1.29 is 4.92 Å². The van der Waals surface area contributed by atoms with Gasteiger partial charge in [-0.25, -0.2) is 0 Å². The molecule has 0 atom stereocenters. The molecular weight excluding hydrogens is 218 g/mol. The second kappa shape index (κ2) is 4.69. The van der Waals surface area contributed by atoms with Gasteiger partial charge in [0.05, 0.1) is 11.5 Å². The molecule has 2 rings (SSSR count). The Bertz CT molecular complexity index is 521. The number of benzene rings is 1. The lowest BCUT2D eigenvalue weighted by atomic mass is 10.2. The van der Waals surface area contributed by atoms with E-state index in [-0.39, 0.29) is 10.6 Å². The minimum absolute atomic E-state index is 0.140. The highest BCUT2D eigenvalue weighted by Crippen LogP contribution is 2.22. The van der Waals surface area contributed by atoms with Crippen molar-refractivity contribution >= 4 is 11.4 Å². The van der Waals surface area contributed by atoms with Gasteiger partial charge in [0.25, 0.3) is 5.69 Å². The Balaban J connectivity index is 2.11. The van der Waals surface area contributed by atoms with Crippen LogP contribution in [0.3, 0.4) is 0 Å². The number of hydrogen-bond donors (Lipinski definition) is 2. The van der Waals surface area contributed by atoms with Gasteiger partial charge in [0.2, 0.25) is 0 Å². The van der Waals surface area contributed by atoms with Gasteiger partial charge in [-0.05, 0) is 25.1 Å². The van der Waals surface area contributed by atoms with Crippen molar-refractivity contribution in [2.24, 2.45) is 0 Å². The van der Waals surface area contributed by atoms with E-state index in [1.165, 1.54) is 0 Å². The van der Waals surface area contributed by atoms with E-state index in [2.05, 4.69) is 10.3 Å². The number of nitro groups is 1. The Hall–Kier alpha value is -2.30. The van der Waals surface area contributed by atoms with Crippen LogP contribution in [-0.4, -0.2) is 9.91 Å². The Morgan fingerprint density at radius 2 is 2.24 bits per heavy atom. The first-order valence-corrected chi connectivity index (χ1v) is 5.28. The number of aryl methyl sites for hydroxylation is 1. The maximum Gasteiger partial charge on any atom is 0.274 e. The van der Waals surface area contributed by atoms with Crippen molar-refractivity contribution in [3.8, 4) is 0 Å². The van der Waals surface area contributed by atoms with E-state index in [1.807, 2.05) is 24.4 Å². The maximum absolute atomic E-state index is 10.8. The summed E-state index contributed by atoms with van der Waals surface area (Å²) in [5, 5.41) is 13.9. The number of nitrogens with zero attached hydrogens (tertiary/aromatic N) is 1. The summed E-state index contributed by atoms with van der Waals surface area (Å²) in [5.41, 5.74) is 2.59. The number of nitrogens with one attached hydrogen (secondary N) is 2. The van der Waals surface area contributed by atoms with Crippen LogP contribution >= 0.6 is 0 Å². The normalized spacial score (nSPS) is 10.2. The monoisotopic (exact) mass is 231 g/mol. The zero-order valence-electron chi connectivity index (χ0n) is 9.43. The molecule has 0 fully saturated rings. The lowest BCUT2D eigenvalue weighted by Crippen LogP contribution is -2.00. The lowest BCUT2D eigenvalue weighted by molar-refractivity contribution is -0.385. The van der Waals surface area contributed by atoms with Crippen LogP contribution in [0, 0.1) is 17.0 Å². The summed E-state index contributed by atoms with van der Waals surface area (Å²) in [4.78, 5) is 13.5. The second-order valence-electron chi connectivity index (χ2n) is 3.81. The van der Waals surface area contributed by atoms with E-state index in [9.17, 15) is 10.1 Å². The summed E-state index contributed by atoms with van der Waals surface area (Å²) in [5.74, 6) is 0. The number of rotatable bonds is 4. The highest BCUT2D eigenvalue weighted by Gasteiger charge is 2.10. The summed E-state index contributed by atoms with van der Waals surface area (Å²) in [6, 6.07) is 9.00. The van der Waals surface area contributed by atoms with Crippen LogP contribution in [0.1, 0.15) is 11.3 Å². The van der Waals surface area contributed by atoms with Gasteiger partial charge in [-0.3, -0.25) is 10.1 Å². The molecule has 0 unspecified atom stereocenters. The molecule has 0 radical (unpaired) electrons. The standard InChI is InChI=1S/C12H13N3O2/c1-9-4-5-10(7-12(9)15(16)17)14-8-11-3-2-6-13-11/h2-7,13-14H,8H2,1H3. The van der Waals surface area contributed by atoms with Gasteiger partial charge in [0, 0.05) is 29.2 Å². The van der Waals surface area contributed by atoms with E-state index in [0.717, 1.165) is 11.4 Å². The van der Waals surface area contributed by atoms with Gasteiger partial charge < -0.3 is 10.3 Å². The highest BCUT2D eigenvalue weighted by atomic mass is 16.6. The SMILES string of the molecule is Cc1ccc(NCc2ccc[nH]2)cc1[N+](=O)[O-]. The predicted molar refractivity (Wildman–Crippen MR) is 66.0 cm³/mol. The van der Waals surface area contributed by atoms with Crippen molar-refractivity contribution in [1.82, 2.24) is 4.98 Å². The first kappa shape index (κ1) is 11.2. The average Bonchev–Trinajstić information content (AvgIpc) is 2.80. The number of aromatic nitrogens is 1. The number of aromatic amines is 1. The van der Waals surface area contributed by atoms with Crippen LogP contribution in [0.5, 0.6) is 0 Å². The molecule has 0 spiro atoms. The van der Waals surface area contributed by atoms with E-state index in [0.29, 0.717) is 12.1 Å². The van der Waals surface area contributed by atoms with Gasteiger partial charge >= 0.3 is 0 Å². The minimum atomic E-state index is -0.366. The number of nitro benzene ring substituents is 1. The summed E-state index contributed by atoms with van der Waals surface area (Å²) in [6.45, 7) is 2.35. The molecule has 17 heavy (non-hydrogen) atoms. The molecule has 5 nitrogen and oxygen atoms in total. The molecule has 0 saturated heterocycles. The van der Waals surface area contributed by atoms with Crippen LogP contribution in [-0.2, 0) is 6.54 Å². The summed E-state index contributed by atoms with van der Waals surface area (Å²) >= 11 is 0. The van der Waals surface area contributed by atoms with Gasteiger partial charge in [0.1, 0.15) is 0 Å². The van der Waals surface area contributed by atoms with Gasteiger partial charge in [-0.2, -0.15) is 0 Å². The number of anilines is 1. The molecule has 0 aliphatic rings. The third-order valence-corrected chi connectivity index (χ3v) is 2.55. The van der Waals surface area contributed by atoms with Gasteiger partial charge in [-0.15, -0.1) is 0 Å². The Kier molecular flexibility index (Phi) is 3.09. The first-order valence-electron chi connectivity index (χ1n) is 5.28. The quantitative estimate of drug-likeness (QED) is 0.627. The third-order valence-electron chi connectivity index (χ3n) is 2.55. The summed E-state index contributed by atoms with van der Waals surface area (Å²) in [7, 11) is 0. The number of H-pyrrole nitrogens is 1. The summed E-state index contributed by atoms with van der Waals surface area (Å²) in [6.07, 6.45) is 1.84. The zero-order chi connectivity index (χ0) is 12.3. The van der Waals surface area contributed by atoms with Crippen LogP contribution in [0.25, 0.3) is 0 Å². The largest absolute Gasteiger partial charge is 0.379 e. The third kappa shape index (κ3) is 2.63. The van der Waals surface area contributed by atoms with E-state index in [1.54, 1.807) is 19.1 Å². The van der Waals surface area contributed by atoms with Crippen molar-refractivity contribution in [3.05, 3.63) is 57.9 Å². The Labute approximate surface area is 98.6 Å². The van der Waals surface area contributed by atoms with Crippen molar-refractivity contribution in [2.75, 3.05) is 5.32 Å². The van der Waals surface area contributed by atoms with E-state index < -0.39 is 0 Å². The lowest BCUT2D eigenvalue weighted by Gasteiger charge is -2.06. The van der Waals surface area contributed by atoms with Crippen LogP contribution < -0.4 is 5.32 Å². The molecule has 0 saturated carbocycles. The van der Waals surface area contributed by atoms with Crippen LogP contribution in [0.2, 0.25) is 0 Å². The molecular formula is C12H13N3O2. The van der Waals surface area contributed by atoms with Crippen LogP contribution in [0.4, 0.5) is 11.4 Å². The summed E-state index contributed by atoms with van der Waals surface area (Å²) < 4.78 is 0. The Morgan fingerprint density at radius 1 is 1.41 bits per heavy atom.